The lowest BCUT2D eigenvalue weighted by atomic mass is 10.1. The minimum atomic E-state index is -0.202. The summed E-state index contributed by atoms with van der Waals surface area (Å²) >= 11 is 1.50. The summed E-state index contributed by atoms with van der Waals surface area (Å²) in [4.78, 5) is 12.1. The molecular formula is C15H13NO2S. The van der Waals surface area contributed by atoms with E-state index in [1.165, 1.54) is 11.3 Å². The maximum absolute atomic E-state index is 12.1. The molecule has 1 aromatic carbocycles. The molecule has 19 heavy (non-hydrogen) atoms. The quantitative estimate of drug-likeness (QED) is 0.825. The van der Waals surface area contributed by atoms with Crippen molar-refractivity contribution in [3.8, 4) is 11.8 Å². The number of benzene rings is 1. The number of aliphatic hydroxyl groups is 1. The molecule has 0 radical (unpaired) electrons. The molecular weight excluding hydrogens is 258 g/mol. The number of nitrogens with one attached hydrogen (secondary N) is 1. The molecule has 0 saturated carbocycles. The van der Waals surface area contributed by atoms with Crippen molar-refractivity contribution in [3.63, 3.8) is 0 Å². The average molecular weight is 271 g/mol. The summed E-state index contributed by atoms with van der Waals surface area (Å²) in [7, 11) is 0. The summed E-state index contributed by atoms with van der Waals surface area (Å²) in [6.45, 7) is 1.70. The molecule has 2 N–H and O–H groups in total. The van der Waals surface area contributed by atoms with Crippen LogP contribution in [0.5, 0.6) is 0 Å². The Morgan fingerprint density at radius 3 is 2.84 bits per heavy atom. The number of para-hydroxylation sites is 1. The summed E-state index contributed by atoms with van der Waals surface area (Å²) in [5.74, 6) is 5.26. The molecule has 1 aromatic heterocycles. The topological polar surface area (TPSA) is 49.3 Å². The Morgan fingerprint density at radius 1 is 1.37 bits per heavy atom. The molecule has 1 amide bonds. The standard InChI is InChI=1S/C15H13NO2S/c1-11-9-19-10-13(11)15(18)16-14-7-3-2-5-12(14)6-4-8-17/h2-3,5,7,9-10,17H,8H2,1H3,(H,16,18). The van der Waals surface area contributed by atoms with E-state index in [-0.39, 0.29) is 12.5 Å². The van der Waals surface area contributed by atoms with Crippen molar-refractivity contribution in [2.24, 2.45) is 0 Å². The van der Waals surface area contributed by atoms with Crippen LogP contribution in [0, 0.1) is 18.8 Å². The predicted molar refractivity (Wildman–Crippen MR) is 77.4 cm³/mol. The number of thiophene rings is 1. The minimum absolute atomic E-state index is 0.142. The SMILES string of the molecule is Cc1cscc1C(=O)Nc1ccccc1C#CCO. The van der Waals surface area contributed by atoms with Crippen LogP contribution < -0.4 is 5.32 Å². The Bertz CT molecular complexity index is 649. The molecule has 0 spiro atoms. The number of anilines is 1. The molecule has 4 heteroatoms. The second kappa shape index (κ2) is 6.19. The number of aliphatic hydroxyl groups excluding tert-OH is 1. The first-order valence-corrected chi connectivity index (χ1v) is 6.69. The van der Waals surface area contributed by atoms with Crippen molar-refractivity contribution in [2.45, 2.75) is 6.92 Å². The van der Waals surface area contributed by atoms with Gasteiger partial charge in [0.2, 0.25) is 0 Å². The van der Waals surface area contributed by atoms with Crippen molar-refractivity contribution in [3.05, 3.63) is 51.7 Å². The highest BCUT2D eigenvalue weighted by Gasteiger charge is 2.11. The number of rotatable bonds is 2. The molecule has 3 nitrogen and oxygen atoms in total. The maximum atomic E-state index is 12.1. The van der Waals surface area contributed by atoms with E-state index in [0.717, 1.165) is 5.56 Å². The average Bonchev–Trinajstić information content (AvgIpc) is 2.84. The number of carbonyl (C=O) groups excluding carboxylic acids is 1. The highest BCUT2D eigenvalue weighted by Crippen LogP contribution is 2.18. The maximum Gasteiger partial charge on any atom is 0.256 e. The molecule has 0 unspecified atom stereocenters. The smallest absolute Gasteiger partial charge is 0.256 e. The summed E-state index contributed by atoms with van der Waals surface area (Å²) < 4.78 is 0. The van der Waals surface area contributed by atoms with E-state index in [0.29, 0.717) is 16.8 Å². The monoisotopic (exact) mass is 271 g/mol. The zero-order valence-electron chi connectivity index (χ0n) is 10.4. The third-order valence-corrected chi connectivity index (χ3v) is 3.44. The fourth-order valence-electron chi connectivity index (χ4n) is 1.62. The molecule has 0 atom stereocenters. The first kappa shape index (κ1) is 13.3. The van der Waals surface area contributed by atoms with Gasteiger partial charge < -0.3 is 10.4 Å². The molecule has 0 aliphatic heterocycles. The number of carbonyl (C=O) groups is 1. The molecule has 96 valence electrons. The molecule has 2 aromatic rings. The Morgan fingerprint density at radius 2 is 2.16 bits per heavy atom. The van der Waals surface area contributed by atoms with Gasteiger partial charge in [0.05, 0.1) is 11.3 Å². The van der Waals surface area contributed by atoms with E-state index in [9.17, 15) is 4.79 Å². The Hall–Kier alpha value is -2.09. The highest BCUT2D eigenvalue weighted by atomic mass is 32.1. The van der Waals surface area contributed by atoms with Crippen molar-refractivity contribution in [1.82, 2.24) is 0 Å². The third kappa shape index (κ3) is 3.22. The van der Waals surface area contributed by atoms with Crippen LogP contribution in [-0.2, 0) is 0 Å². The van der Waals surface area contributed by atoms with Crippen molar-refractivity contribution >= 4 is 22.9 Å². The number of aryl methyl sites for hydroxylation is 1. The van der Waals surface area contributed by atoms with Crippen LogP contribution in [0.15, 0.2) is 35.0 Å². The third-order valence-electron chi connectivity index (χ3n) is 2.58. The van der Waals surface area contributed by atoms with Crippen LogP contribution >= 0.6 is 11.3 Å². The van der Waals surface area contributed by atoms with Crippen LogP contribution in [0.2, 0.25) is 0 Å². The fraction of sp³-hybridized carbons (Fsp3) is 0.133. The molecule has 0 saturated heterocycles. The van der Waals surface area contributed by atoms with E-state index in [1.54, 1.807) is 12.1 Å². The predicted octanol–water partition coefficient (Wildman–Crippen LogP) is 2.65. The Kier molecular flexibility index (Phi) is 4.35. The van der Waals surface area contributed by atoms with Gasteiger partial charge in [-0.1, -0.05) is 24.0 Å². The second-order valence-corrected chi connectivity index (χ2v) is 4.67. The van der Waals surface area contributed by atoms with Gasteiger partial charge in [0.15, 0.2) is 0 Å². The van der Waals surface area contributed by atoms with E-state index in [4.69, 9.17) is 5.11 Å². The molecule has 0 aliphatic rings. The molecule has 1 heterocycles. The van der Waals surface area contributed by atoms with E-state index < -0.39 is 0 Å². The normalized spacial score (nSPS) is 9.58. The second-order valence-electron chi connectivity index (χ2n) is 3.93. The number of hydrogen-bond donors (Lipinski definition) is 2. The number of amides is 1. The van der Waals surface area contributed by atoms with Crippen molar-refractivity contribution < 1.29 is 9.90 Å². The van der Waals surface area contributed by atoms with Gasteiger partial charge in [-0.3, -0.25) is 4.79 Å². The van der Waals surface area contributed by atoms with Crippen molar-refractivity contribution in [1.29, 1.82) is 0 Å². The first-order valence-electron chi connectivity index (χ1n) is 5.75. The van der Waals surface area contributed by atoms with Crippen LogP contribution in [0.4, 0.5) is 5.69 Å². The summed E-state index contributed by atoms with van der Waals surface area (Å²) in [6.07, 6.45) is 0. The lowest BCUT2D eigenvalue weighted by molar-refractivity contribution is 0.102. The molecule has 0 bridgehead atoms. The van der Waals surface area contributed by atoms with E-state index >= 15 is 0 Å². The van der Waals surface area contributed by atoms with Gasteiger partial charge in [-0.05, 0) is 30.0 Å². The zero-order valence-corrected chi connectivity index (χ0v) is 11.3. The Labute approximate surface area is 115 Å². The van der Waals surface area contributed by atoms with Gasteiger partial charge in [0.1, 0.15) is 6.61 Å². The van der Waals surface area contributed by atoms with Crippen LogP contribution in [0.3, 0.4) is 0 Å². The first-order chi connectivity index (χ1) is 9.22. The molecule has 2 rings (SSSR count). The molecule has 0 fully saturated rings. The zero-order chi connectivity index (χ0) is 13.7. The van der Waals surface area contributed by atoms with E-state index in [2.05, 4.69) is 17.2 Å². The van der Waals surface area contributed by atoms with E-state index in [1.807, 2.05) is 29.8 Å². The lowest BCUT2D eigenvalue weighted by Gasteiger charge is -2.07. The summed E-state index contributed by atoms with van der Waals surface area (Å²) in [5.41, 5.74) is 2.98. The van der Waals surface area contributed by atoms with Gasteiger partial charge in [0.25, 0.3) is 5.91 Å². The minimum Gasteiger partial charge on any atom is -0.384 e. The van der Waals surface area contributed by atoms with Crippen LogP contribution in [0.1, 0.15) is 21.5 Å². The summed E-state index contributed by atoms with van der Waals surface area (Å²) in [6, 6.07) is 7.27. The summed E-state index contributed by atoms with van der Waals surface area (Å²) in [5, 5.41) is 15.3. The van der Waals surface area contributed by atoms with Crippen molar-refractivity contribution in [2.75, 3.05) is 11.9 Å². The van der Waals surface area contributed by atoms with Gasteiger partial charge in [0, 0.05) is 10.9 Å². The van der Waals surface area contributed by atoms with Gasteiger partial charge in [-0.2, -0.15) is 11.3 Å². The van der Waals surface area contributed by atoms with Crippen LogP contribution in [0.25, 0.3) is 0 Å². The van der Waals surface area contributed by atoms with Crippen LogP contribution in [-0.4, -0.2) is 17.6 Å². The molecule has 0 aliphatic carbocycles. The number of hydrogen-bond acceptors (Lipinski definition) is 3. The van der Waals surface area contributed by atoms with Gasteiger partial charge in [-0.15, -0.1) is 0 Å². The van der Waals surface area contributed by atoms with Gasteiger partial charge in [-0.25, -0.2) is 0 Å². The highest BCUT2D eigenvalue weighted by molar-refractivity contribution is 7.08. The fourth-order valence-corrected chi connectivity index (χ4v) is 2.45. The lowest BCUT2D eigenvalue weighted by Crippen LogP contribution is -2.13. The van der Waals surface area contributed by atoms with Gasteiger partial charge >= 0.3 is 0 Å². The largest absolute Gasteiger partial charge is 0.384 e. The Balaban J connectivity index is 2.24.